The molecule has 1 nitrogen and oxygen atoms in total. The van der Waals surface area contributed by atoms with E-state index in [4.69, 9.17) is 11.5 Å². The summed E-state index contributed by atoms with van der Waals surface area (Å²) in [7, 11) is 0. The second-order valence-electron chi connectivity index (χ2n) is 10.2. The van der Waals surface area contributed by atoms with Crippen LogP contribution in [-0.2, 0) is 0 Å². The Balaban J connectivity index is 2.99. The minimum absolute atomic E-state index is 0.371. The van der Waals surface area contributed by atoms with Gasteiger partial charge in [-0.15, -0.1) is 12.3 Å². The third-order valence-electron chi connectivity index (χ3n) is 6.98. The smallest absolute Gasteiger partial charge is 0.0431 e. The van der Waals surface area contributed by atoms with E-state index in [0.717, 1.165) is 12.8 Å². The molecule has 32 heavy (non-hydrogen) atoms. The van der Waals surface area contributed by atoms with Gasteiger partial charge in [-0.1, -0.05) is 161 Å². The molecule has 190 valence electrons. The normalized spacial score (nSPS) is 11.1. The summed E-state index contributed by atoms with van der Waals surface area (Å²) < 4.78 is 0. The molecule has 0 aliphatic heterocycles. The first kappa shape index (κ1) is 31.5. The standard InChI is InChI=1S/C31H60O/c1-2-3-4-5-6-7-8-9-10-11-12-13-14-15-16-17-18-19-20-21-22-23-24-25-26-27-28-29-30-31-32/h1,32H,3-31H2. The van der Waals surface area contributed by atoms with Crippen LogP contribution in [0.15, 0.2) is 0 Å². The number of unbranched alkanes of at least 4 members (excludes halogenated alkanes) is 27. The van der Waals surface area contributed by atoms with Gasteiger partial charge in [0.1, 0.15) is 0 Å². The average Bonchev–Trinajstić information content (AvgIpc) is 2.81. The third kappa shape index (κ3) is 29.5. The van der Waals surface area contributed by atoms with Crippen LogP contribution in [0.25, 0.3) is 0 Å². The van der Waals surface area contributed by atoms with Gasteiger partial charge < -0.3 is 5.11 Å². The summed E-state index contributed by atoms with van der Waals surface area (Å²) >= 11 is 0. The fourth-order valence-electron chi connectivity index (χ4n) is 4.76. The van der Waals surface area contributed by atoms with Gasteiger partial charge in [0.2, 0.25) is 0 Å². The van der Waals surface area contributed by atoms with E-state index >= 15 is 0 Å². The molecule has 0 amide bonds. The highest BCUT2D eigenvalue weighted by Gasteiger charge is 1.96. The molecule has 1 N–H and O–H groups in total. The van der Waals surface area contributed by atoms with Crippen LogP contribution in [0.4, 0.5) is 0 Å². The van der Waals surface area contributed by atoms with Gasteiger partial charge in [-0.2, -0.15) is 0 Å². The molecule has 0 heterocycles. The molecule has 0 aromatic rings. The molecule has 0 bridgehead atoms. The van der Waals surface area contributed by atoms with E-state index in [2.05, 4.69) is 5.92 Å². The Morgan fingerprint density at radius 3 is 0.688 bits per heavy atom. The monoisotopic (exact) mass is 448 g/mol. The molecule has 0 radical (unpaired) electrons. The van der Waals surface area contributed by atoms with Crippen LogP contribution in [0.5, 0.6) is 0 Å². The summed E-state index contributed by atoms with van der Waals surface area (Å²) in [4.78, 5) is 0. The Kier molecular flexibility index (Phi) is 30.1. The van der Waals surface area contributed by atoms with Crippen molar-refractivity contribution in [3.8, 4) is 12.3 Å². The quantitative estimate of drug-likeness (QED) is 0.0931. The van der Waals surface area contributed by atoms with Gasteiger partial charge >= 0.3 is 0 Å². The first-order valence-corrected chi connectivity index (χ1v) is 15.0. The molecule has 0 fully saturated rings. The fraction of sp³-hybridized carbons (Fsp3) is 0.935. The minimum Gasteiger partial charge on any atom is -0.396 e. The first-order chi connectivity index (χ1) is 15.9. The van der Waals surface area contributed by atoms with Crippen molar-refractivity contribution >= 4 is 0 Å². The summed E-state index contributed by atoms with van der Waals surface area (Å²) in [6.45, 7) is 0.371. The molecule has 0 aliphatic rings. The number of hydrogen-bond acceptors (Lipinski definition) is 1. The second-order valence-corrected chi connectivity index (χ2v) is 10.2. The Morgan fingerprint density at radius 1 is 0.312 bits per heavy atom. The lowest BCUT2D eigenvalue weighted by Crippen LogP contribution is -1.85. The highest BCUT2D eigenvalue weighted by molar-refractivity contribution is 4.82. The van der Waals surface area contributed by atoms with Crippen molar-refractivity contribution < 1.29 is 5.11 Å². The molecule has 0 spiro atoms. The van der Waals surface area contributed by atoms with Gasteiger partial charge in [0, 0.05) is 13.0 Å². The molecule has 0 saturated heterocycles. The topological polar surface area (TPSA) is 20.2 Å². The number of terminal acetylenes is 1. The Labute approximate surface area is 203 Å². The molecule has 0 saturated carbocycles. The van der Waals surface area contributed by atoms with Crippen LogP contribution in [-0.4, -0.2) is 11.7 Å². The third-order valence-corrected chi connectivity index (χ3v) is 6.98. The molecule has 0 rings (SSSR count). The summed E-state index contributed by atoms with van der Waals surface area (Å²) in [6.07, 6.45) is 44.1. The second kappa shape index (κ2) is 30.5. The lowest BCUT2D eigenvalue weighted by molar-refractivity contribution is 0.282. The van der Waals surface area contributed by atoms with Gasteiger partial charge in [0.05, 0.1) is 0 Å². The van der Waals surface area contributed by atoms with Gasteiger partial charge in [-0.25, -0.2) is 0 Å². The van der Waals surface area contributed by atoms with Crippen molar-refractivity contribution in [3.63, 3.8) is 0 Å². The summed E-state index contributed by atoms with van der Waals surface area (Å²) in [6, 6.07) is 0. The number of hydrogen-bond donors (Lipinski definition) is 1. The van der Waals surface area contributed by atoms with Crippen molar-refractivity contribution in [1.82, 2.24) is 0 Å². The van der Waals surface area contributed by atoms with Crippen LogP contribution in [0, 0.1) is 12.3 Å². The largest absolute Gasteiger partial charge is 0.396 e. The lowest BCUT2D eigenvalue weighted by Gasteiger charge is -2.04. The van der Waals surface area contributed by atoms with Crippen LogP contribution >= 0.6 is 0 Å². The average molecular weight is 449 g/mol. The van der Waals surface area contributed by atoms with Gasteiger partial charge in [0.15, 0.2) is 0 Å². The van der Waals surface area contributed by atoms with E-state index in [1.165, 1.54) is 167 Å². The summed E-state index contributed by atoms with van der Waals surface area (Å²) in [5.41, 5.74) is 0. The minimum atomic E-state index is 0.371. The zero-order chi connectivity index (χ0) is 23.2. The maximum atomic E-state index is 8.76. The maximum Gasteiger partial charge on any atom is 0.0431 e. The molecule has 1 heteroatoms. The van der Waals surface area contributed by atoms with Gasteiger partial charge in [-0.05, 0) is 12.8 Å². The Hall–Kier alpha value is -0.480. The molecular weight excluding hydrogens is 388 g/mol. The number of aliphatic hydroxyl groups is 1. The van der Waals surface area contributed by atoms with Crippen LogP contribution in [0.3, 0.4) is 0 Å². The van der Waals surface area contributed by atoms with Crippen molar-refractivity contribution in [2.45, 2.75) is 180 Å². The predicted octanol–water partition coefficient (Wildman–Crippen LogP) is 10.5. The van der Waals surface area contributed by atoms with Crippen LogP contribution in [0.2, 0.25) is 0 Å². The molecule has 0 aliphatic carbocycles. The van der Waals surface area contributed by atoms with Gasteiger partial charge in [0.25, 0.3) is 0 Å². The molecule has 0 atom stereocenters. The maximum absolute atomic E-state index is 8.76. The number of rotatable bonds is 28. The fourth-order valence-corrected chi connectivity index (χ4v) is 4.76. The zero-order valence-electron chi connectivity index (χ0n) is 22.0. The van der Waals surface area contributed by atoms with E-state index in [0.29, 0.717) is 6.61 Å². The van der Waals surface area contributed by atoms with Crippen molar-refractivity contribution in [2.24, 2.45) is 0 Å². The predicted molar refractivity (Wildman–Crippen MR) is 145 cm³/mol. The van der Waals surface area contributed by atoms with Crippen molar-refractivity contribution in [2.75, 3.05) is 6.61 Å². The van der Waals surface area contributed by atoms with Gasteiger partial charge in [-0.3, -0.25) is 0 Å². The zero-order valence-corrected chi connectivity index (χ0v) is 22.0. The highest BCUT2D eigenvalue weighted by Crippen LogP contribution is 2.16. The number of aliphatic hydroxyl groups excluding tert-OH is 1. The van der Waals surface area contributed by atoms with Crippen LogP contribution < -0.4 is 0 Å². The SMILES string of the molecule is C#CCCCCCCCCCCCCCCCCCCCCCCCCCCCCCO. The van der Waals surface area contributed by atoms with E-state index in [1.54, 1.807) is 0 Å². The van der Waals surface area contributed by atoms with E-state index < -0.39 is 0 Å². The summed E-state index contributed by atoms with van der Waals surface area (Å²) in [5.74, 6) is 2.73. The first-order valence-electron chi connectivity index (χ1n) is 15.0. The highest BCUT2D eigenvalue weighted by atomic mass is 16.2. The molecule has 0 aromatic heterocycles. The van der Waals surface area contributed by atoms with Crippen molar-refractivity contribution in [1.29, 1.82) is 0 Å². The molecule has 0 aromatic carbocycles. The molecular formula is C31H60O. The molecule has 0 unspecified atom stereocenters. The van der Waals surface area contributed by atoms with E-state index in [9.17, 15) is 0 Å². The summed E-state index contributed by atoms with van der Waals surface area (Å²) in [5, 5.41) is 8.76. The van der Waals surface area contributed by atoms with E-state index in [1.807, 2.05) is 0 Å². The Morgan fingerprint density at radius 2 is 0.500 bits per heavy atom. The lowest BCUT2D eigenvalue weighted by atomic mass is 10.0. The Bertz CT molecular complexity index is 356. The van der Waals surface area contributed by atoms with Crippen LogP contribution in [0.1, 0.15) is 180 Å². The van der Waals surface area contributed by atoms with E-state index in [-0.39, 0.29) is 0 Å². The van der Waals surface area contributed by atoms with Crippen molar-refractivity contribution in [3.05, 3.63) is 0 Å².